The van der Waals surface area contributed by atoms with E-state index in [9.17, 15) is 4.79 Å². The Morgan fingerprint density at radius 3 is 2.29 bits per heavy atom. The van der Waals surface area contributed by atoms with Gasteiger partial charge in [-0.1, -0.05) is 19.1 Å². The fourth-order valence-electron chi connectivity index (χ4n) is 3.40. The van der Waals surface area contributed by atoms with Crippen LogP contribution in [0.5, 0.6) is 17.2 Å². The number of amides is 1. The molecular weight excluding hydrogens is 354 g/mol. The van der Waals surface area contributed by atoms with E-state index in [1.54, 1.807) is 0 Å². The highest BCUT2D eigenvalue weighted by atomic mass is 16.5. The highest BCUT2D eigenvalue weighted by molar-refractivity contribution is 5.96. The Bertz CT molecular complexity index is 816. The first kappa shape index (κ1) is 20.1. The summed E-state index contributed by atoms with van der Waals surface area (Å²) in [7, 11) is 0. The van der Waals surface area contributed by atoms with Crippen LogP contribution in [0.25, 0.3) is 0 Å². The highest BCUT2D eigenvalue weighted by Gasteiger charge is 2.28. The molecule has 5 nitrogen and oxygen atoms in total. The molecule has 2 aromatic carbocycles. The summed E-state index contributed by atoms with van der Waals surface area (Å²) in [4.78, 5) is 12.3. The van der Waals surface area contributed by atoms with Gasteiger partial charge in [-0.15, -0.1) is 0 Å². The normalized spacial score (nSPS) is 16.7. The molecule has 2 atom stereocenters. The summed E-state index contributed by atoms with van der Waals surface area (Å²) >= 11 is 0. The summed E-state index contributed by atoms with van der Waals surface area (Å²) in [6.45, 7) is 9.12. The summed E-state index contributed by atoms with van der Waals surface area (Å²) in [5.41, 5.74) is 2.91. The number of carbonyl (C=O) groups excluding carboxylic acids is 1. The molecule has 0 radical (unpaired) electrons. The Morgan fingerprint density at radius 1 is 1.04 bits per heavy atom. The maximum atomic E-state index is 12.3. The van der Waals surface area contributed by atoms with Crippen molar-refractivity contribution in [2.45, 2.75) is 52.6 Å². The van der Waals surface area contributed by atoms with Gasteiger partial charge in [-0.05, 0) is 56.5 Å². The van der Waals surface area contributed by atoms with E-state index in [0.29, 0.717) is 31.1 Å². The third-order valence-corrected chi connectivity index (χ3v) is 4.95. The van der Waals surface area contributed by atoms with Gasteiger partial charge in [0.15, 0.2) is 11.5 Å². The van der Waals surface area contributed by atoms with Gasteiger partial charge >= 0.3 is 0 Å². The first-order valence-corrected chi connectivity index (χ1v) is 10.1. The molecule has 5 heteroatoms. The summed E-state index contributed by atoms with van der Waals surface area (Å²) in [6.07, 6.45) is 1.54. The van der Waals surface area contributed by atoms with Crippen LogP contribution in [0, 0.1) is 0 Å². The lowest BCUT2D eigenvalue weighted by Gasteiger charge is -2.28. The van der Waals surface area contributed by atoms with Crippen molar-refractivity contribution in [2.75, 3.05) is 18.5 Å². The molecular formula is C23H29NO4. The Balaban J connectivity index is 1.95. The minimum Gasteiger partial charge on any atom is -0.491 e. The molecule has 1 aliphatic rings. The average molecular weight is 383 g/mol. The zero-order valence-corrected chi connectivity index (χ0v) is 17.1. The Kier molecular flexibility index (Phi) is 6.45. The van der Waals surface area contributed by atoms with Gasteiger partial charge in [0.05, 0.1) is 19.3 Å². The molecule has 0 saturated carbocycles. The predicted molar refractivity (Wildman–Crippen MR) is 111 cm³/mol. The van der Waals surface area contributed by atoms with Crippen molar-refractivity contribution in [3.63, 3.8) is 0 Å². The van der Waals surface area contributed by atoms with Crippen molar-refractivity contribution in [1.82, 2.24) is 0 Å². The quantitative estimate of drug-likeness (QED) is 0.686. The molecule has 1 N–H and O–H groups in total. The van der Waals surface area contributed by atoms with Crippen molar-refractivity contribution < 1.29 is 19.0 Å². The zero-order valence-electron chi connectivity index (χ0n) is 17.1. The van der Waals surface area contributed by atoms with Crippen LogP contribution < -0.4 is 19.5 Å². The first-order chi connectivity index (χ1) is 13.5. The number of benzene rings is 2. The molecule has 150 valence electrons. The van der Waals surface area contributed by atoms with E-state index in [1.807, 2.05) is 50.2 Å². The predicted octanol–water partition coefficient (Wildman–Crippen LogP) is 5.14. The number of anilines is 1. The van der Waals surface area contributed by atoms with Gasteiger partial charge in [0.1, 0.15) is 5.75 Å². The van der Waals surface area contributed by atoms with Crippen LogP contribution in [0.3, 0.4) is 0 Å². The second-order valence-electron chi connectivity index (χ2n) is 6.96. The van der Waals surface area contributed by atoms with E-state index >= 15 is 0 Å². The molecule has 0 saturated heterocycles. The SMILES string of the molecule is CCOc1cc2c(cc1OCC)[C@@H](c1ccc(O[C@H](C)CC)cc1)CC(=O)N2. The van der Waals surface area contributed by atoms with Gasteiger partial charge in [0.2, 0.25) is 5.91 Å². The van der Waals surface area contributed by atoms with E-state index in [-0.39, 0.29) is 17.9 Å². The largest absolute Gasteiger partial charge is 0.491 e. The maximum Gasteiger partial charge on any atom is 0.225 e. The van der Waals surface area contributed by atoms with Gasteiger partial charge in [0, 0.05) is 24.1 Å². The van der Waals surface area contributed by atoms with Crippen LogP contribution in [-0.2, 0) is 4.79 Å². The van der Waals surface area contributed by atoms with E-state index in [1.165, 1.54) is 0 Å². The summed E-state index contributed by atoms with van der Waals surface area (Å²) in [5.74, 6) is 2.18. The van der Waals surface area contributed by atoms with Gasteiger partial charge in [-0.25, -0.2) is 0 Å². The first-order valence-electron chi connectivity index (χ1n) is 10.1. The van der Waals surface area contributed by atoms with Crippen LogP contribution in [-0.4, -0.2) is 25.2 Å². The van der Waals surface area contributed by atoms with Gasteiger partial charge in [0.25, 0.3) is 0 Å². The zero-order chi connectivity index (χ0) is 20.1. The lowest BCUT2D eigenvalue weighted by Crippen LogP contribution is -2.23. The lowest BCUT2D eigenvalue weighted by atomic mass is 9.84. The Labute approximate surface area is 167 Å². The highest BCUT2D eigenvalue weighted by Crippen LogP contribution is 2.43. The van der Waals surface area contributed by atoms with Crippen LogP contribution in [0.4, 0.5) is 5.69 Å². The van der Waals surface area contributed by atoms with E-state index < -0.39 is 0 Å². The van der Waals surface area contributed by atoms with E-state index in [4.69, 9.17) is 14.2 Å². The molecule has 2 aromatic rings. The molecule has 0 aliphatic carbocycles. The minimum absolute atomic E-state index is 0.00374. The van der Waals surface area contributed by atoms with Crippen molar-refractivity contribution in [3.05, 3.63) is 47.5 Å². The third-order valence-electron chi connectivity index (χ3n) is 4.95. The number of carbonyl (C=O) groups is 1. The van der Waals surface area contributed by atoms with Crippen molar-refractivity contribution in [1.29, 1.82) is 0 Å². The fourth-order valence-corrected chi connectivity index (χ4v) is 3.40. The topological polar surface area (TPSA) is 56.8 Å². The molecule has 0 fully saturated rings. The Morgan fingerprint density at radius 2 is 1.68 bits per heavy atom. The van der Waals surface area contributed by atoms with Gasteiger partial charge in [-0.2, -0.15) is 0 Å². The summed E-state index contributed by atoms with van der Waals surface area (Å²) in [6, 6.07) is 11.9. The van der Waals surface area contributed by atoms with E-state index in [0.717, 1.165) is 29.0 Å². The molecule has 0 bridgehead atoms. The molecule has 0 unspecified atom stereocenters. The van der Waals surface area contributed by atoms with Crippen LogP contribution in [0.15, 0.2) is 36.4 Å². The minimum atomic E-state index is -0.0312. The number of ether oxygens (including phenoxy) is 3. The summed E-state index contributed by atoms with van der Waals surface area (Å²) in [5, 5.41) is 2.97. The molecule has 1 heterocycles. The smallest absolute Gasteiger partial charge is 0.225 e. The standard InChI is InChI=1S/C23H29NO4/c1-5-15(4)28-17-10-8-16(9-11-17)18-13-23(25)24-20-14-22(27-7-3)21(26-6-2)12-19(18)20/h8-12,14-15,18H,5-7,13H2,1-4H3,(H,24,25)/t15-,18-/m1/s1. The molecule has 1 amide bonds. The maximum absolute atomic E-state index is 12.3. The molecule has 1 aliphatic heterocycles. The van der Waals surface area contributed by atoms with Gasteiger partial charge in [-0.3, -0.25) is 4.79 Å². The van der Waals surface area contributed by atoms with Crippen LogP contribution >= 0.6 is 0 Å². The number of hydrogen-bond donors (Lipinski definition) is 1. The summed E-state index contributed by atoms with van der Waals surface area (Å²) < 4.78 is 17.4. The van der Waals surface area contributed by atoms with Crippen LogP contribution in [0.2, 0.25) is 0 Å². The number of fused-ring (bicyclic) bond motifs is 1. The lowest BCUT2D eigenvalue weighted by molar-refractivity contribution is -0.116. The molecule has 0 aromatic heterocycles. The van der Waals surface area contributed by atoms with E-state index in [2.05, 4.69) is 19.2 Å². The average Bonchev–Trinajstić information content (AvgIpc) is 2.69. The number of rotatable bonds is 8. The molecule has 28 heavy (non-hydrogen) atoms. The van der Waals surface area contributed by atoms with Crippen molar-refractivity contribution in [2.24, 2.45) is 0 Å². The molecule has 0 spiro atoms. The molecule has 3 rings (SSSR count). The number of nitrogens with one attached hydrogen (secondary N) is 1. The monoisotopic (exact) mass is 383 g/mol. The van der Waals surface area contributed by atoms with Crippen molar-refractivity contribution in [3.8, 4) is 17.2 Å². The van der Waals surface area contributed by atoms with Gasteiger partial charge < -0.3 is 19.5 Å². The second-order valence-corrected chi connectivity index (χ2v) is 6.96. The second kappa shape index (κ2) is 9.00. The van der Waals surface area contributed by atoms with Crippen molar-refractivity contribution >= 4 is 11.6 Å². The fraction of sp³-hybridized carbons (Fsp3) is 0.435. The Hall–Kier alpha value is -2.69. The third kappa shape index (κ3) is 4.41. The van der Waals surface area contributed by atoms with Crippen LogP contribution in [0.1, 0.15) is 57.6 Å². The number of hydrogen-bond acceptors (Lipinski definition) is 4.